The predicted octanol–water partition coefficient (Wildman–Crippen LogP) is 2.67. The Morgan fingerprint density at radius 2 is 1.81 bits per heavy atom. The van der Waals surface area contributed by atoms with E-state index in [9.17, 15) is 9.18 Å². The molecule has 0 aliphatic carbocycles. The fourth-order valence-corrected chi connectivity index (χ4v) is 2.83. The number of primary amides is 1. The number of ether oxygens (including phenoxy) is 2. The number of aromatic nitrogens is 4. The number of pyridine rings is 1. The summed E-state index contributed by atoms with van der Waals surface area (Å²) in [6.07, 6.45) is 0. The maximum atomic E-state index is 14.6. The number of anilines is 2. The quantitative estimate of drug-likeness (QED) is 0.464. The monoisotopic (exact) mass is 424 g/mol. The lowest BCUT2D eigenvalue weighted by atomic mass is 10.2. The van der Waals surface area contributed by atoms with Crippen molar-refractivity contribution >= 4 is 28.4 Å². The number of rotatable bonds is 7. The molecule has 3 N–H and O–H groups in total. The molecular formula is C20H17FN6O4. The number of halogens is 1. The Labute approximate surface area is 175 Å². The number of nitrogens with one attached hydrogen (secondary N) is 1. The summed E-state index contributed by atoms with van der Waals surface area (Å²) in [4.78, 5) is 22.5. The van der Waals surface area contributed by atoms with Gasteiger partial charge in [-0.2, -0.15) is 4.98 Å². The van der Waals surface area contributed by atoms with E-state index in [1.54, 1.807) is 42.5 Å². The van der Waals surface area contributed by atoms with E-state index in [4.69, 9.17) is 20.0 Å². The number of benzene rings is 2. The van der Waals surface area contributed by atoms with Crippen molar-refractivity contribution in [2.24, 2.45) is 5.73 Å². The lowest BCUT2D eigenvalue weighted by molar-refractivity contribution is 0.1000. The highest BCUT2D eigenvalue weighted by Gasteiger charge is 2.19. The van der Waals surface area contributed by atoms with Gasteiger partial charge < -0.3 is 25.4 Å². The molecule has 4 rings (SSSR count). The molecule has 0 fully saturated rings. The van der Waals surface area contributed by atoms with Crippen LogP contribution < -0.4 is 25.4 Å². The van der Waals surface area contributed by atoms with Gasteiger partial charge in [0.05, 0.1) is 19.8 Å². The second-order valence-corrected chi connectivity index (χ2v) is 6.30. The Morgan fingerprint density at radius 1 is 1.10 bits per heavy atom. The topological polar surface area (TPSA) is 126 Å². The van der Waals surface area contributed by atoms with E-state index in [1.807, 2.05) is 0 Å². The molecule has 11 heteroatoms. The number of hydrogen-bond donors (Lipinski definition) is 2. The second-order valence-electron chi connectivity index (χ2n) is 6.30. The van der Waals surface area contributed by atoms with Crippen molar-refractivity contribution in [3.05, 3.63) is 59.9 Å². The molecule has 0 aliphatic heterocycles. The number of methoxy groups -OCH3 is 2. The van der Waals surface area contributed by atoms with Crippen molar-refractivity contribution in [1.82, 2.24) is 20.1 Å². The van der Waals surface area contributed by atoms with E-state index in [0.717, 1.165) is 10.9 Å². The minimum absolute atomic E-state index is 0.0244. The maximum Gasteiger partial charge on any atom is 0.286 e. The Hall–Kier alpha value is -4.41. The van der Waals surface area contributed by atoms with E-state index < -0.39 is 17.6 Å². The molecule has 10 nitrogen and oxygen atoms in total. The summed E-state index contributed by atoms with van der Waals surface area (Å²) < 4.78 is 25.1. The number of nitrogens with two attached hydrogens (primary N) is 1. The summed E-state index contributed by atoms with van der Waals surface area (Å²) in [6, 6.07) is 12.9. The molecule has 2 aromatic heterocycles. The first-order valence-electron chi connectivity index (χ1n) is 8.97. The minimum Gasteiger partial charge on any atom is -0.497 e. The van der Waals surface area contributed by atoms with E-state index in [-0.39, 0.29) is 11.4 Å². The van der Waals surface area contributed by atoms with Crippen LogP contribution in [0.5, 0.6) is 17.4 Å². The van der Waals surface area contributed by atoms with Gasteiger partial charge in [-0.3, -0.25) is 4.79 Å². The van der Waals surface area contributed by atoms with Crippen molar-refractivity contribution < 1.29 is 23.5 Å². The number of amides is 1. The van der Waals surface area contributed by atoms with Crippen LogP contribution in [0.2, 0.25) is 0 Å². The first-order chi connectivity index (χ1) is 15.0. The fraction of sp³-hybridized carbons (Fsp3) is 0.100. The molecule has 0 radical (unpaired) electrons. The summed E-state index contributed by atoms with van der Waals surface area (Å²) >= 11 is 0. The molecule has 0 bridgehead atoms. The normalized spacial score (nSPS) is 10.7. The lowest BCUT2D eigenvalue weighted by Gasteiger charge is -2.14. The zero-order chi connectivity index (χ0) is 22.0. The summed E-state index contributed by atoms with van der Waals surface area (Å²) in [5.41, 5.74) is 6.77. The lowest BCUT2D eigenvalue weighted by Crippen LogP contribution is -2.17. The van der Waals surface area contributed by atoms with Crippen LogP contribution in [-0.4, -0.2) is 40.3 Å². The molecule has 0 unspecified atom stereocenters. The number of fused-ring (bicyclic) bond motifs is 1. The van der Waals surface area contributed by atoms with Gasteiger partial charge in [0.15, 0.2) is 5.82 Å². The Balaban J connectivity index is 1.74. The fourth-order valence-electron chi connectivity index (χ4n) is 2.83. The summed E-state index contributed by atoms with van der Waals surface area (Å²) in [6.45, 7) is 0. The van der Waals surface area contributed by atoms with Gasteiger partial charge in [0.1, 0.15) is 28.4 Å². The predicted molar refractivity (Wildman–Crippen MR) is 109 cm³/mol. The standard InChI is InChI=1S/C20H17FN6O4/c1-29-12-7-11(8-13(9-12)30-2)23-19-14(18(22)28)10-15(21)20(24-19)31-27-17-6-4-3-5-16(17)25-26-27/h3-10H,1-2H3,(H2,22,28)(H,23,24). The van der Waals surface area contributed by atoms with Gasteiger partial charge >= 0.3 is 0 Å². The van der Waals surface area contributed by atoms with Crippen LogP contribution in [0.15, 0.2) is 48.5 Å². The van der Waals surface area contributed by atoms with Crippen LogP contribution in [0.4, 0.5) is 15.9 Å². The number of para-hydroxylation sites is 1. The van der Waals surface area contributed by atoms with Crippen LogP contribution in [0.1, 0.15) is 10.4 Å². The first-order valence-corrected chi connectivity index (χ1v) is 8.97. The summed E-state index contributed by atoms with van der Waals surface area (Å²) in [7, 11) is 3.00. The third kappa shape index (κ3) is 4.01. The molecule has 4 aromatic rings. The average Bonchev–Trinajstić information content (AvgIpc) is 3.18. The van der Waals surface area contributed by atoms with Crippen molar-refractivity contribution in [2.45, 2.75) is 0 Å². The van der Waals surface area contributed by atoms with Gasteiger partial charge in [0.2, 0.25) is 0 Å². The first kappa shape index (κ1) is 19.9. The van der Waals surface area contributed by atoms with Crippen molar-refractivity contribution in [2.75, 3.05) is 19.5 Å². The van der Waals surface area contributed by atoms with Crippen LogP contribution in [0, 0.1) is 5.82 Å². The Morgan fingerprint density at radius 3 is 2.48 bits per heavy atom. The zero-order valence-electron chi connectivity index (χ0n) is 16.5. The second kappa shape index (κ2) is 8.14. The maximum absolute atomic E-state index is 14.6. The molecule has 1 amide bonds. The van der Waals surface area contributed by atoms with Gasteiger partial charge in [-0.1, -0.05) is 17.0 Å². The van der Waals surface area contributed by atoms with Crippen LogP contribution >= 0.6 is 0 Å². The molecule has 2 heterocycles. The zero-order valence-corrected chi connectivity index (χ0v) is 16.5. The Kier molecular flexibility index (Phi) is 5.22. The van der Waals surface area contributed by atoms with Crippen LogP contribution in [-0.2, 0) is 0 Å². The van der Waals surface area contributed by atoms with Crippen molar-refractivity contribution in [1.29, 1.82) is 0 Å². The minimum atomic E-state index is -0.901. The van der Waals surface area contributed by atoms with E-state index >= 15 is 0 Å². The van der Waals surface area contributed by atoms with Crippen molar-refractivity contribution in [3.8, 4) is 17.4 Å². The molecule has 2 aromatic carbocycles. The summed E-state index contributed by atoms with van der Waals surface area (Å²) in [5.74, 6) is -1.24. The van der Waals surface area contributed by atoms with Gasteiger partial charge in [-0.05, 0) is 23.4 Å². The van der Waals surface area contributed by atoms with Crippen molar-refractivity contribution in [3.63, 3.8) is 0 Å². The highest BCUT2D eigenvalue weighted by Crippen LogP contribution is 2.30. The Bertz CT molecular complexity index is 1250. The van der Waals surface area contributed by atoms with E-state index in [2.05, 4.69) is 20.6 Å². The number of hydrogen-bond acceptors (Lipinski definition) is 8. The molecular weight excluding hydrogens is 407 g/mol. The molecule has 0 aliphatic rings. The largest absolute Gasteiger partial charge is 0.497 e. The van der Waals surface area contributed by atoms with Gasteiger partial charge in [0.25, 0.3) is 11.8 Å². The van der Waals surface area contributed by atoms with E-state index in [0.29, 0.717) is 28.2 Å². The number of nitrogens with zero attached hydrogens (tertiary/aromatic N) is 4. The highest BCUT2D eigenvalue weighted by molar-refractivity contribution is 5.98. The number of carbonyl (C=O) groups is 1. The third-order valence-electron chi connectivity index (χ3n) is 4.32. The molecule has 0 atom stereocenters. The smallest absolute Gasteiger partial charge is 0.286 e. The molecule has 0 spiro atoms. The summed E-state index contributed by atoms with van der Waals surface area (Å²) in [5, 5.41) is 10.7. The van der Waals surface area contributed by atoms with Gasteiger partial charge in [0, 0.05) is 23.9 Å². The molecule has 158 valence electrons. The third-order valence-corrected chi connectivity index (χ3v) is 4.32. The SMILES string of the molecule is COc1cc(Nc2nc(On3nnc4ccccc43)c(F)cc2C(N)=O)cc(OC)c1. The molecule has 0 saturated carbocycles. The van der Waals surface area contributed by atoms with Gasteiger partial charge in [-0.25, -0.2) is 4.39 Å². The highest BCUT2D eigenvalue weighted by atomic mass is 19.1. The van der Waals surface area contributed by atoms with Crippen LogP contribution in [0.25, 0.3) is 11.0 Å². The van der Waals surface area contributed by atoms with Gasteiger partial charge in [-0.15, -0.1) is 5.10 Å². The van der Waals surface area contributed by atoms with Crippen LogP contribution in [0.3, 0.4) is 0 Å². The number of carbonyl (C=O) groups excluding carboxylic acids is 1. The molecule has 0 saturated heterocycles. The average molecular weight is 424 g/mol. The van der Waals surface area contributed by atoms with E-state index in [1.165, 1.54) is 14.2 Å². The molecule has 31 heavy (non-hydrogen) atoms.